The molecule has 0 heterocycles. The van der Waals surface area contributed by atoms with Crippen LogP contribution < -0.4 is 0 Å². The molecule has 0 N–H and O–H groups in total. The van der Waals surface area contributed by atoms with Gasteiger partial charge in [-0.3, -0.25) is 9.59 Å². The average Bonchev–Trinajstić information content (AvgIpc) is 2.80. The van der Waals surface area contributed by atoms with Crippen molar-refractivity contribution in [2.45, 2.75) is 44.2 Å². The topological polar surface area (TPSA) is 37.4 Å². The normalized spacial score (nSPS) is 13.8. The Morgan fingerprint density at radius 1 is 0.950 bits per heavy atom. The van der Waals surface area contributed by atoms with Gasteiger partial charge in [-0.05, 0) is 36.3 Å². The molecule has 0 fully saturated rings. The molecule has 2 rings (SSSR count). The van der Waals surface area contributed by atoms with Crippen LogP contribution in [0.2, 0.25) is 10.0 Å². The smallest absolute Gasteiger partial charge is 0.337 e. The van der Waals surface area contributed by atoms with Gasteiger partial charge in [-0.15, -0.1) is 0 Å². The Bertz CT molecular complexity index is 1280. The number of carbonyl (C=O) groups is 2. The van der Waals surface area contributed by atoms with Crippen molar-refractivity contribution in [1.82, 2.24) is 4.90 Å². The summed E-state index contributed by atoms with van der Waals surface area (Å²) in [5, 5.41) is -0.301. The third kappa shape index (κ3) is 8.85. The maximum absolute atomic E-state index is 15.0. The van der Waals surface area contributed by atoms with E-state index in [1.54, 1.807) is 0 Å². The van der Waals surface area contributed by atoms with Gasteiger partial charge in [0.2, 0.25) is 5.91 Å². The van der Waals surface area contributed by atoms with Crippen LogP contribution in [-0.4, -0.2) is 42.5 Å². The number of ketones is 1. The van der Waals surface area contributed by atoms with E-state index in [1.165, 1.54) is 6.92 Å². The lowest BCUT2D eigenvalue weighted by Gasteiger charge is -2.20. The van der Waals surface area contributed by atoms with Gasteiger partial charge in [0.05, 0.1) is 15.6 Å². The number of carbonyl (C=O) groups excluding carboxylic acids is 2. The quantitative estimate of drug-likeness (QED) is 0.217. The molecular formula is C25H19Cl2F10NO2. The van der Waals surface area contributed by atoms with Crippen LogP contribution in [0.3, 0.4) is 0 Å². The fourth-order valence-corrected chi connectivity index (χ4v) is 4.01. The van der Waals surface area contributed by atoms with Crippen LogP contribution in [0.15, 0.2) is 36.4 Å². The van der Waals surface area contributed by atoms with Crippen LogP contribution in [0.4, 0.5) is 43.9 Å². The van der Waals surface area contributed by atoms with E-state index in [1.807, 2.05) is 0 Å². The Hall–Kier alpha value is -2.80. The predicted octanol–water partition coefficient (Wildman–Crippen LogP) is 8.96. The third-order valence-corrected chi connectivity index (χ3v) is 6.46. The van der Waals surface area contributed by atoms with Crippen molar-refractivity contribution in [2.24, 2.45) is 0 Å². The standard InChI is InChI=1S/C25H19Cl2F10NO2/c1-12-7-14(9-18(26)22(12)27)16(24(32,33)34)10-19(28)13-3-4-15(17(8-13)25(35,36)37)20(39)5-6-21(40)38(2)11-23(29,30)31/h3-4,7-10,16H,5-6,11H2,1-2H3/b19-10-. The zero-order valence-electron chi connectivity index (χ0n) is 20.5. The number of nitrogens with zero attached hydrogens (tertiary/aromatic N) is 1. The number of alkyl halides is 9. The Morgan fingerprint density at radius 2 is 1.55 bits per heavy atom. The summed E-state index contributed by atoms with van der Waals surface area (Å²) >= 11 is 11.7. The highest BCUT2D eigenvalue weighted by molar-refractivity contribution is 6.42. The van der Waals surface area contributed by atoms with E-state index >= 15 is 0 Å². The first-order chi connectivity index (χ1) is 18.1. The molecule has 1 atom stereocenters. The van der Waals surface area contributed by atoms with Crippen molar-refractivity contribution < 1.29 is 53.5 Å². The highest BCUT2D eigenvalue weighted by Gasteiger charge is 2.41. The van der Waals surface area contributed by atoms with Gasteiger partial charge in [0, 0.05) is 31.0 Å². The largest absolute Gasteiger partial charge is 0.417 e. The second-order valence-corrected chi connectivity index (χ2v) is 9.50. The summed E-state index contributed by atoms with van der Waals surface area (Å²) < 4.78 is 135. The summed E-state index contributed by atoms with van der Waals surface area (Å²) in [6.07, 6.45) is -16.8. The number of allylic oxidation sites excluding steroid dienone is 1. The second-order valence-electron chi connectivity index (χ2n) is 8.71. The minimum Gasteiger partial charge on any atom is -0.337 e. The number of rotatable bonds is 8. The number of hydrogen-bond acceptors (Lipinski definition) is 2. The number of benzene rings is 2. The number of hydrogen-bond donors (Lipinski definition) is 0. The summed E-state index contributed by atoms with van der Waals surface area (Å²) in [6.45, 7) is -0.298. The summed E-state index contributed by atoms with van der Waals surface area (Å²) in [6, 6.07) is 3.12. The van der Waals surface area contributed by atoms with Crippen molar-refractivity contribution >= 4 is 40.7 Å². The molecule has 2 aromatic carbocycles. The van der Waals surface area contributed by atoms with Crippen LogP contribution in [-0.2, 0) is 11.0 Å². The van der Waals surface area contributed by atoms with Crippen LogP contribution in [0.1, 0.15) is 51.4 Å². The first-order valence-corrected chi connectivity index (χ1v) is 11.8. The molecule has 15 heteroatoms. The molecule has 0 aromatic heterocycles. The van der Waals surface area contributed by atoms with E-state index in [0.717, 1.165) is 19.2 Å². The zero-order valence-corrected chi connectivity index (χ0v) is 22.0. The molecule has 0 saturated carbocycles. The highest BCUT2D eigenvalue weighted by atomic mass is 35.5. The van der Waals surface area contributed by atoms with E-state index in [0.29, 0.717) is 12.1 Å². The minimum atomic E-state index is -5.28. The molecule has 1 amide bonds. The molecule has 220 valence electrons. The molecule has 0 aliphatic rings. The maximum atomic E-state index is 15.0. The summed E-state index contributed by atoms with van der Waals surface area (Å²) in [5.74, 6) is -6.78. The fourth-order valence-electron chi connectivity index (χ4n) is 3.63. The van der Waals surface area contributed by atoms with Gasteiger partial charge >= 0.3 is 18.5 Å². The van der Waals surface area contributed by atoms with E-state index in [4.69, 9.17) is 23.2 Å². The average molecular weight is 626 g/mol. The first-order valence-electron chi connectivity index (χ1n) is 11.1. The number of Topliss-reactive ketones (excluding diaryl/α,β-unsaturated/α-hetero) is 1. The van der Waals surface area contributed by atoms with Crippen molar-refractivity contribution in [3.05, 3.63) is 74.3 Å². The van der Waals surface area contributed by atoms with Crippen LogP contribution in [0.25, 0.3) is 5.83 Å². The Morgan fingerprint density at radius 3 is 2.05 bits per heavy atom. The predicted molar refractivity (Wildman–Crippen MR) is 128 cm³/mol. The van der Waals surface area contributed by atoms with Gasteiger partial charge in [0.1, 0.15) is 18.3 Å². The van der Waals surface area contributed by atoms with Gasteiger partial charge in [-0.2, -0.15) is 39.5 Å². The maximum Gasteiger partial charge on any atom is 0.417 e. The van der Waals surface area contributed by atoms with Gasteiger partial charge in [-0.1, -0.05) is 41.4 Å². The van der Waals surface area contributed by atoms with Crippen molar-refractivity contribution in [2.75, 3.05) is 13.6 Å². The van der Waals surface area contributed by atoms with Crippen LogP contribution >= 0.6 is 23.2 Å². The van der Waals surface area contributed by atoms with Crippen molar-refractivity contribution in [3.63, 3.8) is 0 Å². The highest BCUT2D eigenvalue weighted by Crippen LogP contribution is 2.42. The van der Waals surface area contributed by atoms with E-state index in [-0.39, 0.29) is 32.7 Å². The fraction of sp³-hybridized carbons (Fsp3) is 0.360. The number of amides is 1. The number of halogens is 12. The minimum absolute atomic E-state index is 0.0421. The lowest BCUT2D eigenvalue weighted by molar-refractivity contribution is -0.158. The lowest BCUT2D eigenvalue weighted by atomic mass is 9.93. The summed E-state index contributed by atoms with van der Waals surface area (Å²) in [7, 11) is 0.791. The van der Waals surface area contributed by atoms with E-state index < -0.39 is 83.6 Å². The molecular weight excluding hydrogens is 607 g/mol. The number of aryl methyl sites for hydroxylation is 1. The van der Waals surface area contributed by atoms with Gasteiger partial charge in [-0.25, -0.2) is 4.39 Å². The SMILES string of the molecule is Cc1cc(C(/C=C(\F)c2ccc(C(=O)CCC(=O)N(C)CC(F)(F)F)c(C(F)(F)F)c2)C(F)(F)F)cc(Cl)c1Cl. The van der Waals surface area contributed by atoms with Gasteiger partial charge in [0.15, 0.2) is 5.78 Å². The molecule has 40 heavy (non-hydrogen) atoms. The molecule has 3 nitrogen and oxygen atoms in total. The van der Waals surface area contributed by atoms with Crippen LogP contribution in [0.5, 0.6) is 0 Å². The van der Waals surface area contributed by atoms with Gasteiger partial charge in [0.25, 0.3) is 0 Å². The molecule has 0 radical (unpaired) electrons. The Labute approximate surface area is 231 Å². The Balaban J connectivity index is 2.42. The Kier molecular flexibility index (Phi) is 10.3. The molecule has 1 unspecified atom stereocenters. The molecule has 0 aliphatic heterocycles. The van der Waals surface area contributed by atoms with Crippen LogP contribution in [0, 0.1) is 6.92 Å². The summed E-state index contributed by atoms with van der Waals surface area (Å²) in [5.41, 5.74) is -4.07. The molecule has 0 aliphatic carbocycles. The molecule has 0 bridgehead atoms. The first kappa shape index (κ1) is 33.4. The van der Waals surface area contributed by atoms with Crippen molar-refractivity contribution in [1.29, 1.82) is 0 Å². The monoisotopic (exact) mass is 625 g/mol. The van der Waals surface area contributed by atoms with Gasteiger partial charge < -0.3 is 4.90 Å². The van der Waals surface area contributed by atoms with E-state index in [9.17, 15) is 53.5 Å². The zero-order chi connectivity index (χ0) is 30.8. The van der Waals surface area contributed by atoms with Crippen molar-refractivity contribution in [3.8, 4) is 0 Å². The second kappa shape index (κ2) is 12.4. The lowest BCUT2D eigenvalue weighted by Crippen LogP contribution is -2.35. The molecule has 2 aromatic rings. The molecule has 0 spiro atoms. The third-order valence-electron chi connectivity index (χ3n) is 5.57. The molecule has 0 saturated heterocycles. The van der Waals surface area contributed by atoms with E-state index in [2.05, 4.69) is 0 Å². The summed E-state index contributed by atoms with van der Waals surface area (Å²) in [4.78, 5) is 24.5.